The molecule has 0 aromatic heterocycles. The van der Waals surface area contributed by atoms with Crippen molar-refractivity contribution in [1.29, 1.82) is 0 Å². The topological polar surface area (TPSA) is 54.5 Å². The van der Waals surface area contributed by atoms with Crippen LogP contribution in [0.3, 0.4) is 0 Å². The van der Waals surface area contributed by atoms with E-state index in [0.717, 1.165) is 18.2 Å². The van der Waals surface area contributed by atoms with E-state index in [1.807, 2.05) is 13.8 Å². The lowest BCUT2D eigenvalue weighted by Gasteiger charge is -2.19. The zero-order chi connectivity index (χ0) is 14.8. The Morgan fingerprint density at radius 3 is 2.42 bits per heavy atom. The van der Waals surface area contributed by atoms with Crippen molar-refractivity contribution >= 4 is 25.6 Å². The van der Waals surface area contributed by atoms with Crippen LogP contribution in [-0.4, -0.2) is 32.8 Å². The first kappa shape index (κ1) is 15.9. The molecule has 4 nitrogen and oxygen atoms in total. The van der Waals surface area contributed by atoms with Gasteiger partial charge in [0.05, 0.1) is 10.5 Å². The molecule has 0 aliphatic rings. The molecule has 0 fully saturated rings. The quantitative estimate of drug-likeness (QED) is 0.803. The molecule has 1 amide bonds. The molecule has 0 radical (unpaired) electrons. The minimum atomic E-state index is -4.00. The first-order valence-electron chi connectivity index (χ1n) is 5.62. The van der Waals surface area contributed by atoms with Crippen LogP contribution in [0.5, 0.6) is 0 Å². The zero-order valence-corrected chi connectivity index (χ0v) is 12.4. The van der Waals surface area contributed by atoms with Crippen LogP contribution >= 0.6 is 10.7 Å². The molecule has 0 unspecified atom stereocenters. The molecular formula is C12H15ClFNO3S. The average molecular weight is 308 g/mol. The van der Waals surface area contributed by atoms with Gasteiger partial charge in [0.25, 0.3) is 15.0 Å². The molecule has 0 saturated heterocycles. The lowest BCUT2D eigenvalue weighted by Crippen LogP contribution is -2.30. The average Bonchev–Trinajstić information content (AvgIpc) is 2.25. The van der Waals surface area contributed by atoms with Gasteiger partial charge in [-0.05, 0) is 24.1 Å². The monoisotopic (exact) mass is 307 g/mol. The lowest BCUT2D eigenvalue weighted by molar-refractivity contribution is 0.0774. The summed E-state index contributed by atoms with van der Waals surface area (Å²) in [5, 5.41) is 0. The minimum Gasteiger partial charge on any atom is -0.341 e. The lowest BCUT2D eigenvalue weighted by atomic mass is 10.1. The van der Waals surface area contributed by atoms with Crippen LogP contribution in [-0.2, 0) is 9.05 Å². The first-order chi connectivity index (χ1) is 8.62. The normalized spacial score (nSPS) is 11.7. The highest BCUT2D eigenvalue weighted by molar-refractivity contribution is 8.13. The Labute approximate surface area is 116 Å². The fourth-order valence-electron chi connectivity index (χ4n) is 1.66. The number of hydrogen-bond donors (Lipinski definition) is 0. The van der Waals surface area contributed by atoms with Gasteiger partial charge in [0.15, 0.2) is 0 Å². The minimum absolute atomic E-state index is 0.174. The fraction of sp³-hybridized carbons (Fsp3) is 0.417. The van der Waals surface area contributed by atoms with Gasteiger partial charge < -0.3 is 4.90 Å². The molecule has 0 bridgehead atoms. The van der Waals surface area contributed by atoms with E-state index in [0.29, 0.717) is 6.54 Å². The molecule has 0 atom stereocenters. The van der Waals surface area contributed by atoms with Crippen molar-refractivity contribution in [2.75, 3.05) is 13.6 Å². The van der Waals surface area contributed by atoms with Crippen LogP contribution in [0.1, 0.15) is 24.2 Å². The molecule has 0 aliphatic carbocycles. The number of hydrogen-bond acceptors (Lipinski definition) is 3. The Kier molecular flexibility index (Phi) is 4.92. The van der Waals surface area contributed by atoms with Crippen molar-refractivity contribution in [2.45, 2.75) is 18.7 Å². The maximum absolute atomic E-state index is 13.8. The van der Waals surface area contributed by atoms with Gasteiger partial charge >= 0.3 is 0 Å². The van der Waals surface area contributed by atoms with Gasteiger partial charge in [0.1, 0.15) is 5.82 Å². The predicted molar refractivity (Wildman–Crippen MR) is 71.2 cm³/mol. The summed E-state index contributed by atoms with van der Waals surface area (Å²) in [5.74, 6) is -1.15. The van der Waals surface area contributed by atoms with Crippen LogP contribution in [0.4, 0.5) is 4.39 Å². The highest BCUT2D eigenvalue weighted by atomic mass is 35.7. The molecule has 0 aliphatic heterocycles. The van der Waals surface area contributed by atoms with Crippen molar-refractivity contribution in [3.8, 4) is 0 Å². The van der Waals surface area contributed by atoms with Crippen molar-refractivity contribution in [3.05, 3.63) is 29.6 Å². The number of rotatable bonds is 4. The van der Waals surface area contributed by atoms with Gasteiger partial charge in [-0.2, -0.15) is 0 Å². The van der Waals surface area contributed by atoms with E-state index in [4.69, 9.17) is 10.7 Å². The Hall–Kier alpha value is -1.14. The number of carbonyl (C=O) groups excluding carboxylic acids is 1. The first-order valence-corrected chi connectivity index (χ1v) is 7.93. The summed E-state index contributed by atoms with van der Waals surface area (Å²) in [7, 11) is 2.67. The van der Waals surface area contributed by atoms with Crippen LogP contribution in [0, 0.1) is 11.7 Å². The number of halogens is 2. The maximum Gasteiger partial charge on any atom is 0.261 e. The summed E-state index contributed by atoms with van der Waals surface area (Å²) in [4.78, 5) is 13.0. The largest absolute Gasteiger partial charge is 0.341 e. The third-order valence-corrected chi connectivity index (χ3v) is 3.79. The van der Waals surface area contributed by atoms with E-state index in [2.05, 4.69) is 0 Å². The molecule has 0 heterocycles. The Bertz CT molecular complexity index is 587. The van der Waals surface area contributed by atoms with E-state index in [9.17, 15) is 17.6 Å². The third-order valence-electron chi connectivity index (χ3n) is 2.44. The third kappa shape index (κ3) is 4.18. The summed E-state index contributed by atoms with van der Waals surface area (Å²) in [6.45, 7) is 4.35. The molecule has 19 heavy (non-hydrogen) atoms. The summed E-state index contributed by atoms with van der Waals surface area (Å²) >= 11 is 0. The van der Waals surface area contributed by atoms with E-state index >= 15 is 0 Å². The van der Waals surface area contributed by atoms with E-state index in [1.54, 1.807) is 7.05 Å². The van der Waals surface area contributed by atoms with Gasteiger partial charge in [-0.15, -0.1) is 0 Å². The summed E-state index contributed by atoms with van der Waals surface area (Å²) in [6, 6.07) is 2.99. The second-order valence-corrected chi connectivity index (χ2v) is 7.22. The molecule has 0 N–H and O–H groups in total. The summed E-state index contributed by atoms with van der Waals surface area (Å²) < 4.78 is 35.9. The number of benzene rings is 1. The Balaban J connectivity index is 3.07. The second kappa shape index (κ2) is 5.88. The molecule has 1 rings (SSSR count). The second-order valence-electron chi connectivity index (χ2n) is 4.66. The molecule has 1 aromatic carbocycles. The molecule has 106 valence electrons. The fourth-order valence-corrected chi connectivity index (χ4v) is 2.42. The zero-order valence-electron chi connectivity index (χ0n) is 10.9. The van der Waals surface area contributed by atoms with Crippen molar-refractivity contribution < 1.29 is 17.6 Å². The van der Waals surface area contributed by atoms with Crippen molar-refractivity contribution in [1.82, 2.24) is 4.90 Å². The number of nitrogens with zero attached hydrogens (tertiary/aromatic N) is 1. The van der Waals surface area contributed by atoms with E-state index in [-0.39, 0.29) is 16.4 Å². The SMILES string of the molecule is CC(C)CN(C)C(=O)c1ccc(S(=O)(=O)Cl)cc1F. The van der Waals surface area contributed by atoms with Gasteiger partial charge in [0, 0.05) is 24.3 Å². The van der Waals surface area contributed by atoms with Crippen LogP contribution < -0.4 is 0 Å². The van der Waals surface area contributed by atoms with Gasteiger partial charge in [-0.25, -0.2) is 12.8 Å². The maximum atomic E-state index is 13.8. The molecular weight excluding hydrogens is 293 g/mol. The molecule has 1 aromatic rings. The molecule has 0 spiro atoms. The van der Waals surface area contributed by atoms with Gasteiger partial charge in [0.2, 0.25) is 0 Å². The van der Waals surface area contributed by atoms with Gasteiger partial charge in [-0.1, -0.05) is 13.8 Å². The van der Waals surface area contributed by atoms with Gasteiger partial charge in [-0.3, -0.25) is 4.79 Å². The van der Waals surface area contributed by atoms with Crippen molar-refractivity contribution in [2.24, 2.45) is 5.92 Å². The number of amides is 1. The highest BCUT2D eigenvalue weighted by Gasteiger charge is 2.19. The Morgan fingerprint density at radius 1 is 1.42 bits per heavy atom. The van der Waals surface area contributed by atoms with Crippen LogP contribution in [0.2, 0.25) is 0 Å². The van der Waals surface area contributed by atoms with E-state index < -0.39 is 20.8 Å². The smallest absolute Gasteiger partial charge is 0.261 e. The summed E-state index contributed by atoms with van der Waals surface area (Å²) in [5.41, 5.74) is -0.174. The summed E-state index contributed by atoms with van der Waals surface area (Å²) in [6.07, 6.45) is 0. The molecule has 7 heteroatoms. The van der Waals surface area contributed by atoms with E-state index in [1.165, 1.54) is 4.90 Å². The van der Waals surface area contributed by atoms with Crippen LogP contribution in [0.25, 0.3) is 0 Å². The number of carbonyl (C=O) groups is 1. The predicted octanol–water partition coefficient (Wildman–Crippen LogP) is 2.48. The van der Waals surface area contributed by atoms with Crippen molar-refractivity contribution in [3.63, 3.8) is 0 Å². The highest BCUT2D eigenvalue weighted by Crippen LogP contribution is 2.19. The molecule has 0 saturated carbocycles. The Morgan fingerprint density at radius 2 is 2.00 bits per heavy atom. The standard InChI is InChI=1S/C12H15ClFNO3S/c1-8(2)7-15(3)12(16)10-5-4-9(6-11(10)14)19(13,17)18/h4-6,8H,7H2,1-3H3. The van der Waals surface area contributed by atoms with Crippen LogP contribution in [0.15, 0.2) is 23.1 Å².